The van der Waals surface area contributed by atoms with Crippen molar-refractivity contribution >= 4 is 41.1 Å². The van der Waals surface area contributed by atoms with E-state index in [1.165, 1.54) is 4.90 Å². The Morgan fingerprint density at radius 1 is 1.35 bits per heavy atom. The van der Waals surface area contributed by atoms with Crippen LogP contribution in [0.3, 0.4) is 0 Å². The highest BCUT2D eigenvalue weighted by atomic mass is 35.5. The van der Waals surface area contributed by atoms with Crippen molar-refractivity contribution in [3.63, 3.8) is 0 Å². The molecule has 1 atom stereocenters. The highest BCUT2D eigenvalue weighted by molar-refractivity contribution is 6.64. The summed E-state index contributed by atoms with van der Waals surface area (Å²) in [6.07, 6.45) is 0.561. The highest BCUT2D eigenvalue weighted by Crippen LogP contribution is 2.42. The number of carbonyl (C=O) groups excluding carboxylic acids is 2. The van der Waals surface area contributed by atoms with Crippen LogP contribution in [0.4, 0.5) is 5.69 Å². The molecule has 0 saturated carbocycles. The molecule has 4 nitrogen and oxygen atoms in total. The van der Waals surface area contributed by atoms with Crippen LogP contribution >= 0.6 is 23.2 Å². The number of nitrogens with zero attached hydrogens (tertiary/aromatic N) is 1. The molecule has 0 spiro atoms. The third-order valence-electron chi connectivity index (χ3n) is 2.63. The van der Waals surface area contributed by atoms with Gasteiger partial charge in [0.25, 0.3) is 5.91 Å². The van der Waals surface area contributed by atoms with E-state index in [1.54, 1.807) is 31.4 Å². The van der Waals surface area contributed by atoms with Crippen LogP contribution in [-0.2, 0) is 9.59 Å². The maximum Gasteiger partial charge on any atom is 0.266 e. The van der Waals surface area contributed by atoms with Crippen LogP contribution in [0.2, 0.25) is 0 Å². The van der Waals surface area contributed by atoms with E-state index < -0.39 is 16.3 Å². The van der Waals surface area contributed by atoms with Crippen LogP contribution in [-0.4, -0.2) is 29.7 Å². The van der Waals surface area contributed by atoms with Gasteiger partial charge in [0, 0.05) is 5.69 Å². The first-order chi connectivity index (χ1) is 8.02. The van der Waals surface area contributed by atoms with Gasteiger partial charge in [0.2, 0.25) is 4.33 Å². The Balaban J connectivity index is 2.28. The van der Waals surface area contributed by atoms with E-state index in [-0.39, 0.29) is 0 Å². The molecule has 1 fully saturated rings. The van der Waals surface area contributed by atoms with Gasteiger partial charge in [-0.15, -0.1) is 0 Å². The maximum absolute atomic E-state index is 11.7. The molecular formula is C11H9Cl2NO3. The van der Waals surface area contributed by atoms with Gasteiger partial charge in [0.05, 0.1) is 7.11 Å². The van der Waals surface area contributed by atoms with Crippen LogP contribution in [0, 0.1) is 0 Å². The van der Waals surface area contributed by atoms with Crippen molar-refractivity contribution in [1.82, 2.24) is 0 Å². The van der Waals surface area contributed by atoms with Gasteiger partial charge >= 0.3 is 0 Å². The van der Waals surface area contributed by atoms with E-state index in [4.69, 9.17) is 27.9 Å². The smallest absolute Gasteiger partial charge is 0.266 e. The minimum atomic E-state index is -1.65. The Kier molecular flexibility index (Phi) is 3.02. The zero-order valence-corrected chi connectivity index (χ0v) is 10.4. The van der Waals surface area contributed by atoms with Crippen molar-refractivity contribution in [2.75, 3.05) is 12.0 Å². The third-order valence-corrected chi connectivity index (χ3v) is 3.40. The van der Waals surface area contributed by atoms with E-state index >= 15 is 0 Å². The number of anilines is 1. The highest BCUT2D eigenvalue weighted by Gasteiger charge is 2.59. The molecular weight excluding hydrogens is 265 g/mol. The van der Waals surface area contributed by atoms with Gasteiger partial charge in [-0.3, -0.25) is 9.69 Å². The number of amides is 1. The van der Waals surface area contributed by atoms with Crippen molar-refractivity contribution < 1.29 is 14.3 Å². The monoisotopic (exact) mass is 273 g/mol. The Morgan fingerprint density at radius 2 is 1.94 bits per heavy atom. The number of aldehydes is 1. The van der Waals surface area contributed by atoms with Gasteiger partial charge in [-0.1, -0.05) is 23.2 Å². The number of halogens is 2. The molecule has 0 aliphatic carbocycles. The number of β-lactam (4-membered cyclic amide) rings is 1. The number of alkyl halides is 2. The van der Waals surface area contributed by atoms with E-state index in [2.05, 4.69) is 0 Å². The molecule has 0 bridgehead atoms. The Hall–Kier alpha value is -1.26. The summed E-state index contributed by atoms with van der Waals surface area (Å²) < 4.78 is 3.35. The van der Waals surface area contributed by atoms with Gasteiger partial charge in [-0.2, -0.15) is 0 Å². The number of hydrogen-bond acceptors (Lipinski definition) is 3. The predicted octanol–water partition coefficient (Wildman–Crippen LogP) is 1.78. The van der Waals surface area contributed by atoms with Crippen LogP contribution in [0.5, 0.6) is 5.75 Å². The third kappa shape index (κ3) is 1.77. The molecule has 0 aromatic heterocycles. The number of ether oxygens (including phenoxy) is 1. The fourth-order valence-electron chi connectivity index (χ4n) is 1.68. The van der Waals surface area contributed by atoms with Crippen molar-refractivity contribution in [1.29, 1.82) is 0 Å². The largest absolute Gasteiger partial charge is 0.497 e. The van der Waals surface area contributed by atoms with Crippen molar-refractivity contribution in [2.24, 2.45) is 0 Å². The summed E-state index contributed by atoms with van der Waals surface area (Å²) in [7, 11) is 1.54. The van der Waals surface area contributed by atoms with Gasteiger partial charge < -0.3 is 9.53 Å². The summed E-state index contributed by atoms with van der Waals surface area (Å²) in [6.45, 7) is 0. The quantitative estimate of drug-likeness (QED) is 0.479. The number of rotatable bonds is 3. The zero-order valence-electron chi connectivity index (χ0n) is 8.89. The lowest BCUT2D eigenvalue weighted by molar-refractivity contribution is -0.128. The van der Waals surface area contributed by atoms with Crippen LogP contribution in [0.25, 0.3) is 0 Å². The summed E-state index contributed by atoms with van der Waals surface area (Å²) in [5, 5.41) is 0. The molecule has 6 heteroatoms. The average molecular weight is 274 g/mol. The fraction of sp³-hybridized carbons (Fsp3) is 0.273. The van der Waals surface area contributed by atoms with Crippen molar-refractivity contribution in [2.45, 2.75) is 10.4 Å². The van der Waals surface area contributed by atoms with Gasteiger partial charge in [0.1, 0.15) is 18.1 Å². The van der Waals surface area contributed by atoms with Gasteiger partial charge in [0.15, 0.2) is 0 Å². The lowest BCUT2D eigenvalue weighted by Crippen LogP contribution is -2.69. The summed E-state index contributed by atoms with van der Waals surface area (Å²) >= 11 is 11.5. The number of benzene rings is 1. The molecule has 0 radical (unpaired) electrons. The minimum absolute atomic E-state index is 0.497. The molecule has 1 aromatic rings. The van der Waals surface area contributed by atoms with Crippen molar-refractivity contribution in [3.8, 4) is 5.75 Å². The van der Waals surface area contributed by atoms with Crippen molar-refractivity contribution in [3.05, 3.63) is 24.3 Å². The van der Waals surface area contributed by atoms with E-state index in [0.29, 0.717) is 17.7 Å². The average Bonchev–Trinajstić information content (AvgIpc) is 2.35. The lowest BCUT2D eigenvalue weighted by Gasteiger charge is -2.46. The molecule has 0 N–H and O–H groups in total. The molecule has 1 heterocycles. The van der Waals surface area contributed by atoms with Crippen LogP contribution in [0.1, 0.15) is 0 Å². The second-order valence-electron chi connectivity index (χ2n) is 3.58. The van der Waals surface area contributed by atoms with Gasteiger partial charge in [-0.25, -0.2) is 0 Å². The summed E-state index contributed by atoms with van der Waals surface area (Å²) in [5.74, 6) is 0.162. The molecule has 1 aromatic carbocycles. The first kappa shape index (κ1) is 12.2. The maximum atomic E-state index is 11.7. The summed E-state index contributed by atoms with van der Waals surface area (Å²) in [6, 6.07) is 5.85. The van der Waals surface area contributed by atoms with Gasteiger partial charge in [-0.05, 0) is 24.3 Å². The molecule has 1 aliphatic heterocycles. The zero-order chi connectivity index (χ0) is 12.6. The normalized spacial score (nSPS) is 21.9. The van der Waals surface area contributed by atoms with Crippen LogP contribution in [0.15, 0.2) is 24.3 Å². The predicted molar refractivity (Wildman–Crippen MR) is 64.8 cm³/mol. The second-order valence-corrected chi connectivity index (χ2v) is 4.96. The molecule has 1 aliphatic rings. The Labute approximate surface area is 108 Å². The molecule has 90 valence electrons. The summed E-state index contributed by atoms with van der Waals surface area (Å²) in [5.41, 5.74) is 0.560. The Morgan fingerprint density at radius 3 is 2.41 bits per heavy atom. The summed E-state index contributed by atoms with van der Waals surface area (Å²) in [4.78, 5) is 23.8. The number of hydrogen-bond donors (Lipinski definition) is 0. The standard InChI is InChI=1S/C11H9Cl2NO3/c1-17-8-4-2-7(3-5-8)14-9(6-15)11(12,13)10(14)16/h2-6,9H,1H3/t9-/m1/s1. The van der Waals surface area contributed by atoms with E-state index in [9.17, 15) is 9.59 Å². The van der Waals surface area contributed by atoms with E-state index in [0.717, 1.165) is 0 Å². The number of carbonyl (C=O) groups is 2. The Bertz CT molecular complexity index is 458. The first-order valence-corrected chi connectivity index (χ1v) is 5.58. The fourth-order valence-corrected chi connectivity index (χ4v) is 2.16. The lowest BCUT2D eigenvalue weighted by atomic mass is 10.0. The molecule has 1 saturated heterocycles. The van der Waals surface area contributed by atoms with E-state index in [1.807, 2.05) is 0 Å². The first-order valence-electron chi connectivity index (χ1n) is 4.83. The molecule has 0 unspecified atom stereocenters. The molecule has 2 rings (SSSR count). The number of methoxy groups -OCH3 is 1. The topological polar surface area (TPSA) is 46.6 Å². The minimum Gasteiger partial charge on any atom is -0.497 e. The van der Waals surface area contributed by atoms with Crippen LogP contribution < -0.4 is 9.64 Å². The SMILES string of the molecule is COc1ccc(N2C(=O)C(Cl)(Cl)[C@H]2C=O)cc1. The molecule has 1 amide bonds. The second kappa shape index (κ2) is 4.20. The molecule has 17 heavy (non-hydrogen) atoms.